The van der Waals surface area contributed by atoms with Crippen LogP contribution in [0.1, 0.15) is 146 Å². The van der Waals surface area contributed by atoms with Crippen LogP contribution in [0.15, 0.2) is 24.3 Å². The van der Waals surface area contributed by atoms with Gasteiger partial charge in [-0.1, -0.05) is 127 Å². The van der Waals surface area contributed by atoms with E-state index in [1.54, 1.807) is 0 Å². The summed E-state index contributed by atoms with van der Waals surface area (Å²) < 4.78 is 6.37. The second-order valence-corrected chi connectivity index (χ2v) is 13.6. The largest absolute Gasteiger partial charge is 0.444 e. The van der Waals surface area contributed by atoms with Gasteiger partial charge in [0, 0.05) is 13.1 Å². The third kappa shape index (κ3) is 8.49. The van der Waals surface area contributed by atoms with E-state index in [4.69, 9.17) is 4.74 Å². The Labute approximate surface area is 245 Å². The van der Waals surface area contributed by atoms with Gasteiger partial charge in [0.05, 0.1) is 6.04 Å². The highest BCUT2D eigenvalue weighted by atomic mass is 16.6. The molecular weight excluding hydrogens is 492 g/mol. The van der Waals surface area contributed by atoms with E-state index in [-0.39, 0.29) is 18.2 Å². The molecule has 40 heavy (non-hydrogen) atoms. The Hall–Kier alpha value is -1.55. The molecular formula is C36H58N2O2. The number of carbonyl (C=O) groups is 1. The summed E-state index contributed by atoms with van der Waals surface area (Å²) in [6.45, 7) is 4.11. The maximum absolute atomic E-state index is 13.9. The molecule has 224 valence electrons. The van der Waals surface area contributed by atoms with Crippen molar-refractivity contribution in [3.05, 3.63) is 35.4 Å². The second kappa shape index (κ2) is 16.2. The van der Waals surface area contributed by atoms with Crippen LogP contribution in [-0.2, 0) is 11.2 Å². The molecule has 4 heteroatoms. The molecule has 0 radical (unpaired) electrons. The highest BCUT2D eigenvalue weighted by molar-refractivity contribution is 5.69. The number of amides is 1. The summed E-state index contributed by atoms with van der Waals surface area (Å²) in [6, 6.07) is 9.18. The summed E-state index contributed by atoms with van der Waals surface area (Å²) in [5.41, 5.74) is 2.86. The fraction of sp³-hybridized carbons (Fsp3) is 0.806. The third-order valence-corrected chi connectivity index (χ3v) is 10.8. The first-order valence-corrected chi connectivity index (χ1v) is 17.6. The Bertz CT molecular complexity index is 859. The fourth-order valence-electron chi connectivity index (χ4n) is 8.30. The lowest BCUT2D eigenvalue weighted by Gasteiger charge is -2.46. The van der Waals surface area contributed by atoms with Crippen molar-refractivity contribution >= 4 is 6.09 Å². The number of hydrogen-bond donors (Lipinski definition) is 0. The third-order valence-electron chi connectivity index (χ3n) is 10.8. The van der Waals surface area contributed by atoms with Crippen molar-refractivity contribution in [2.45, 2.75) is 147 Å². The van der Waals surface area contributed by atoms with Gasteiger partial charge in [0.15, 0.2) is 0 Å². The Morgan fingerprint density at radius 3 is 1.68 bits per heavy atom. The molecule has 6 rings (SSSR count). The van der Waals surface area contributed by atoms with E-state index < -0.39 is 0 Å². The Morgan fingerprint density at radius 2 is 1.15 bits per heavy atom. The predicted octanol–water partition coefficient (Wildman–Crippen LogP) is 9.47. The Morgan fingerprint density at radius 1 is 0.625 bits per heavy atom. The van der Waals surface area contributed by atoms with Crippen molar-refractivity contribution in [1.82, 2.24) is 9.80 Å². The van der Waals surface area contributed by atoms with Crippen molar-refractivity contribution in [3.63, 3.8) is 0 Å². The topological polar surface area (TPSA) is 32.8 Å². The highest BCUT2D eigenvalue weighted by Crippen LogP contribution is 2.41. The van der Waals surface area contributed by atoms with Crippen LogP contribution >= 0.6 is 0 Å². The quantitative estimate of drug-likeness (QED) is 0.368. The summed E-state index contributed by atoms with van der Waals surface area (Å²) in [5.74, 6) is 1.09. The lowest BCUT2D eigenvalue weighted by Crippen LogP contribution is -2.53. The molecule has 1 aromatic carbocycles. The average Bonchev–Trinajstić information content (AvgIpc) is 2.99. The molecule has 4 nitrogen and oxygen atoms in total. The minimum Gasteiger partial charge on any atom is -0.444 e. The number of rotatable bonds is 2. The molecule has 2 atom stereocenters. The van der Waals surface area contributed by atoms with Gasteiger partial charge in [0.25, 0.3) is 0 Å². The Balaban J connectivity index is 1.27. The van der Waals surface area contributed by atoms with Gasteiger partial charge < -0.3 is 9.64 Å². The number of ether oxygens (including phenoxy) is 1. The van der Waals surface area contributed by atoms with Crippen molar-refractivity contribution in [1.29, 1.82) is 0 Å². The first-order valence-electron chi connectivity index (χ1n) is 17.6. The smallest absolute Gasteiger partial charge is 0.410 e. The van der Waals surface area contributed by atoms with Crippen LogP contribution in [0.4, 0.5) is 4.79 Å². The summed E-state index contributed by atoms with van der Waals surface area (Å²) in [5, 5.41) is 0. The van der Waals surface area contributed by atoms with Crippen molar-refractivity contribution in [2.24, 2.45) is 11.8 Å². The molecule has 2 unspecified atom stereocenters. The van der Waals surface area contributed by atoms with Crippen LogP contribution in [0.2, 0.25) is 0 Å². The standard InChI is InChI=1S/C36H58N2O2/c39-36(40-34-29-37-26-23-31(34)24-27-37)38-28-25-30-19-17-18-22-33(30)35(38)32-20-15-13-11-9-7-5-3-1-2-4-6-8-10-12-14-16-21-32/h17-19,22,31-32,34-35H,1-16,20-21,23-29H2. The van der Waals surface area contributed by atoms with Crippen LogP contribution < -0.4 is 0 Å². The van der Waals surface area contributed by atoms with Gasteiger partial charge in [-0.15, -0.1) is 0 Å². The molecule has 5 aliphatic rings. The van der Waals surface area contributed by atoms with Gasteiger partial charge in [-0.05, 0) is 68.2 Å². The van der Waals surface area contributed by atoms with Gasteiger partial charge in [-0.25, -0.2) is 4.79 Å². The number of benzene rings is 1. The molecule has 2 bridgehead atoms. The van der Waals surface area contributed by atoms with Gasteiger partial charge >= 0.3 is 6.09 Å². The molecule has 0 aromatic heterocycles. The maximum Gasteiger partial charge on any atom is 0.410 e. The highest BCUT2D eigenvalue weighted by Gasteiger charge is 2.41. The lowest BCUT2D eigenvalue weighted by atomic mass is 9.79. The van der Waals surface area contributed by atoms with Crippen LogP contribution in [0.25, 0.3) is 0 Å². The minimum absolute atomic E-state index is 0.0335. The Kier molecular flexibility index (Phi) is 12.1. The van der Waals surface area contributed by atoms with Crippen molar-refractivity contribution in [2.75, 3.05) is 26.2 Å². The number of piperidine rings is 3. The zero-order valence-corrected chi connectivity index (χ0v) is 25.5. The average molecular weight is 551 g/mol. The van der Waals surface area contributed by atoms with Crippen LogP contribution in [-0.4, -0.2) is 48.2 Å². The van der Waals surface area contributed by atoms with Gasteiger partial charge in [-0.2, -0.15) is 0 Å². The normalized spacial score (nSPS) is 30.4. The van der Waals surface area contributed by atoms with Crippen LogP contribution in [0.3, 0.4) is 0 Å². The van der Waals surface area contributed by atoms with E-state index in [0.29, 0.717) is 11.8 Å². The van der Waals surface area contributed by atoms with E-state index in [9.17, 15) is 4.79 Å². The summed E-state index contributed by atoms with van der Waals surface area (Å²) in [6.07, 6.45) is 28.1. The molecule has 1 aliphatic carbocycles. The van der Waals surface area contributed by atoms with E-state index in [1.165, 1.54) is 153 Å². The first kappa shape index (κ1) is 29.9. The molecule has 0 spiro atoms. The molecule has 4 aliphatic heterocycles. The molecule has 4 fully saturated rings. The van der Waals surface area contributed by atoms with Crippen molar-refractivity contribution < 1.29 is 9.53 Å². The predicted molar refractivity (Wildman–Crippen MR) is 166 cm³/mol. The van der Waals surface area contributed by atoms with Gasteiger partial charge in [0.2, 0.25) is 0 Å². The zero-order valence-electron chi connectivity index (χ0n) is 25.5. The molecule has 1 saturated carbocycles. The monoisotopic (exact) mass is 550 g/mol. The molecule has 1 aromatic rings. The summed E-state index contributed by atoms with van der Waals surface area (Å²) in [4.78, 5) is 18.6. The molecule has 4 heterocycles. The first-order chi connectivity index (χ1) is 19.8. The van der Waals surface area contributed by atoms with Crippen LogP contribution in [0.5, 0.6) is 0 Å². The number of nitrogens with zero attached hydrogens (tertiary/aromatic N) is 2. The minimum atomic E-state index is -0.0335. The maximum atomic E-state index is 13.9. The second-order valence-electron chi connectivity index (χ2n) is 13.6. The van der Waals surface area contributed by atoms with Crippen molar-refractivity contribution in [3.8, 4) is 0 Å². The SMILES string of the molecule is O=C(OC1CN2CCC1CC2)N1CCc2ccccc2C1C1CCCCCCCCCCCCCCCCCC1. The van der Waals surface area contributed by atoms with Crippen LogP contribution in [0, 0.1) is 11.8 Å². The van der Waals surface area contributed by atoms with Gasteiger partial charge in [-0.3, -0.25) is 4.90 Å². The number of fused-ring (bicyclic) bond motifs is 4. The van der Waals surface area contributed by atoms with E-state index >= 15 is 0 Å². The lowest BCUT2D eigenvalue weighted by molar-refractivity contribution is -0.0504. The zero-order chi connectivity index (χ0) is 27.4. The number of carbonyl (C=O) groups excluding carboxylic acids is 1. The summed E-state index contributed by atoms with van der Waals surface area (Å²) in [7, 11) is 0. The molecule has 3 saturated heterocycles. The number of hydrogen-bond acceptors (Lipinski definition) is 3. The van der Waals surface area contributed by atoms with E-state index in [1.807, 2.05) is 0 Å². The summed E-state index contributed by atoms with van der Waals surface area (Å²) >= 11 is 0. The van der Waals surface area contributed by atoms with Gasteiger partial charge in [0.1, 0.15) is 6.10 Å². The molecule has 0 N–H and O–H groups in total. The fourth-order valence-corrected chi connectivity index (χ4v) is 8.30. The van der Waals surface area contributed by atoms with E-state index in [2.05, 4.69) is 34.1 Å². The van der Waals surface area contributed by atoms with E-state index in [0.717, 1.165) is 19.5 Å². The molecule has 1 amide bonds.